The zero-order valence-corrected chi connectivity index (χ0v) is 71.9. The molecule has 0 N–H and O–H groups in total. The maximum absolute atomic E-state index is 6.23. The second kappa shape index (κ2) is 30.2. The molecule has 26 rings (SSSR count). The molecule has 130 heavy (non-hydrogen) atoms. The Hall–Kier alpha value is -16.4. The van der Waals surface area contributed by atoms with Gasteiger partial charge in [-0.05, 0) is 254 Å². The molecule has 0 aliphatic heterocycles. The first-order chi connectivity index (χ1) is 64.2. The summed E-state index contributed by atoms with van der Waals surface area (Å²) in [5.74, 6) is 0. The minimum atomic E-state index is -0.550. The van der Waals surface area contributed by atoms with Gasteiger partial charge in [0.1, 0.15) is 22.3 Å². The topological polar surface area (TPSA) is 32.8 Å². The number of fused-ring (bicyclic) bond motifs is 18. The number of furan rings is 2. The molecule has 4 aliphatic rings. The van der Waals surface area contributed by atoms with Crippen molar-refractivity contribution in [2.75, 3.05) is 9.80 Å². The molecule has 2 aromatic heterocycles. The Bertz CT molecular complexity index is 7870. The van der Waals surface area contributed by atoms with Crippen molar-refractivity contribution in [3.63, 3.8) is 0 Å². The van der Waals surface area contributed by atoms with Gasteiger partial charge in [-0.1, -0.05) is 390 Å². The molecule has 4 heteroatoms. The third kappa shape index (κ3) is 11.6. The lowest BCUT2D eigenvalue weighted by Gasteiger charge is -2.36. The largest absolute Gasteiger partial charge is 0.456 e. The van der Waals surface area contributed by atoms with Gasteiger partial charge in [0.25, 0.3) is 0 Å². The van der Waals surface area contributed by atoms with Crippen LogP contribution in [0.4, 0.5) is 34.1 Å². The standard InChI is InChI=1S/C68H45NO.C58H41NO/c1-5-19-48(20-6-1)67(49-21-7-2-8-22-49)61-30-16-13-27-55(61)57-40-38-53(44-63(57)67)69(52-36-33-46(34-37-52)47-35-42-66-60(43-47)59-29-15-18-32-65(59)70-66)54-39-41-58-56-28-14-17-31-62(56)68(64(58)45-54,50-23-9-3-10-24-50)51-25-11-4-12-26-51;1-57(2)51-22-12-9-19-45(51)47-32-30-43(36-53(47)57)59(42-28-25-38(26-29-42)39-27-34-56-50(35-39)49-21-11-14-24-55(49)60-56)44-31-33-48-46-20-10-13-23-52(46)58(54(48)37-44,40-15-5-3-6-16-40)41-17-7-4-8-18-41/h1-45H;3-37H,1-2H3. The molecule has 20 aromatic carbocycles. The van der Waals surface area contributed by atoms with E-state index in [1.54, 1.807) is 0 Å². The van der Waals surface area contributed by atoms with Crippen LogP contribution >= 0.6 is 0 Å². The molecule has 0 bridgehead atoms. The SMILES string of the molecule is CC1(C)c2ccccc2-c2ccc(N(c3ccc(-c4ccc5oc6ccccc6c5c4)cc3)c3ccc4c(c3)C(c3ccccc3)(c3ccccc3)c3ccccc3-4)cc21.c1ccc(C2(c3ccccc3)c3ccccc3-c3ccc(N(c4ccc(-c5ccc6oc7ccccc7c6c5)cc4)c4ccc5c(c4)C(c4ccccc4)(c4ccccc4)c4ccccc4-5)cc32)cc1. The van der Waals surface area contributed by atoms with Gasteiger partial charge in [-0.3, -0.25) is 0 Å². The fourth-order valence-corrected chi connectivity index (χ4v) is 22.9. The molecule has 2 heterocycles. The Labute approximate surface area is 756 Å². The van der Waals surface area contributed by atoms with Gasteiger partial charge in [0.05, 0.1) is 16.2 Å². The third-order valence-corrected chi connectivity index (χ3v) is 28.6. The molecular formula is C126H86N2O2. The second-order valence-electron chi connectivity index (χ2n) is 35.6. The van der Waals surface area contributed by atoms with Crippen LogP contribution in [0.25, 0.3) is 111 Å². The van der Waals surface area contributed by atoms with Crippen molar-refractivity contribution in [1.29, 1.82) is 0 Å². The second-order valence-corrected chi connectivity index (χ2v) is 35.6. The van der Waals surface area contributed by atoms with E-state index in [-0.39, 0.29) is 5.41 Å². The van der Waals surface area contributed by atoms with Crippen molar-refractivity contribution < 1.29 is 8.83 Å². The predicted molar refractivity (Wildman–Crippen MR) is 537 cm³/mol. The van der Waals surface area contributed by atoms with Gasteiger partial charge in [-0.15, -0.1) is 0 Å². The lowest BCUT2D eigenvalue weighted by molar-refractivity contribution is 0.660. The number of para-hydroxylation sites is 2. The summed E-state index contributed by atoms with van der Waals surface area (Å²) in [4.78, 5) is 4.94. The molecular weight excluding hydrogens is 1570 g/mol. The molecule has 0 saturated carbocycles. The van der Waals surface area contributed by atoms with E-state index in [9.17, 15) is 0 Å². The highest BCUT2D eigenvalue weighted by atomic mass is 16.3. The molecule has 4 nitrogen and oxygen atoms in total. The van der Waals surface area contributed by atoms with E-state index in [2.05, 4.69) is 485 Å². The fourth-order valence-electron chi connectivity index (χ4n) is 22.9. The molecule has 0 atom stereocenters. The highest BCUT2D eigenvalue weighted by molar-refractivity contribution is 6.08. The van der Waals surface area contributed by atoms with E-state index >= 15 is 0 Å². The molecule has 0 saturated heterocycles. The van der Waals surface area contributed by atoms with Crippen molar-refractivity contribution in [1.82, 2.24) is 0 Å². The number of rotatable bonds is 14. The van der Waals surface area contributed by atoms with Gasteiger partial charge in [0.15, 0.2) is 0 Å². The van der Waals surface area contributed by atoms with Crippen molar-refractivity contribution in [3.05, 3.63) is 563 Å². The first-order valence-corrected chi connectivity index (χ1v) is 45.2. The van der Waals surface area contributed by atoms with Crippen LogP contribution in [-0.2, 0) is 21.7 Å². The molecule has 22 aromatic rings. The molecule has 0 amide bonds. The minimum absolute atomic E-state index is 0.136. The Morgan fingerprint density at radius 3 is 0.715 bits per heavy atom. The molecule has 0 radical (unpaired) electrons. The van der Waals surface area contributed by atoms with Crippen LogP contribution in [0.2, 0.25) is 0 Å². The predicted octanol–water partition coefficient (Wildman–Crippen LogP) is 32.8. The quantitative estimate of drug-likeness (QED) is 0.109. The zero-order valence-electron chi connectivity index (χ0n) is 71.9. The van der Waals surface area contributed by atoms with E-state index in [1.165, 1.54) is 122 Å². The summed E-state index contributed by atoms with van der Waals surface area (Å²) in [6.45, 7) is 4.72. The summed E-state index contributed by atoms with van der Waals surface area (Å²) >= 11 is 0. The maximum atomic E-state index is 6.23. The molecule has 0 spiro atoms. The van der Waals surface area contributed by atoms with E-state index in [1.807, 2.05) is 24.3 Å². The Morgan fingerprint density at radius 1 is 0.162 bits per heavy atom. The molecule has 0 fully saturated rings. The minimum Gasteiger partial charge on any atom is -0.456 e. The smallest absolute Gasteiger partial charge is 0.135 e. The van der Waals surface area contributed by atoms with E-state index in [0.29, 0.717) is 0 Å². The van der Waals surface area contributed by atoms with Gasteiger partial charge >= 0.3 is 0 Å². The van der Waals surface area contributed by atoms with Crippen molar-refractivity contribution >= 4 is 78.0 Å². The Kier molecular flexibility index (Phi) is 17.7. The van der Waals surface area contributed by atoms with Gasteiger partial charge in [-0.2, -0.15) is 0 Å². The molecule has 4 aliphatic carbocycles. The lowest BCUT2D eigenvalue weighted by Crippen LogP contribution is -2.29. The Balaban J connectivity index is 0.000000142. The first kappa shape index (κ1) is 76.1. The van der Waals surface area contributed by atoms with Gasteiger partial charge in [-0.25, -0.2) is 0 Å². The van der Waals surface area contributed by atoms with Gasteiger partial charge in [0.2, 0.25) is 0 Å². The third-order valence-electron chi connectivity index (χ3n) is 28.6. The van der Waals surface area contributed by atoms with E-state index in [4.69, 9.17) is 8.83 Å². The monoisotopic (exact) mass is 1660 g/mol. The summed E-state index contributed by atoms with van der Waals surface area (Å²) in [6, 6.07) is 179. The fraction of sp³-hybridized carbons (Fsp3) is 0.0476. The first-order valence-electron chi connectivity index (χ1n) is 45.2. The van der Waals surface area contributed by atoms with Crippen LogP contribution in [-0.4, -0.2) is 0 Å². The van der Waals surface area contributed by atoms with Crippen molar-refractivity contribution in [2.24, 2.45) is 0 Å². The van der Waals surface area contributed by atoms with Gasteiger partial charge < -0.3 is 18.6 Å². The van der Waals surface area contributed by atoms with Crippen LogP contribution in [0.5, 0.6) is 0 Å². The van der Waals surface area contributed by atoms with Gasteiger partial charge in [0, 0.05) is 61.1 Å². The number of nitrogens with zero attached hydrogens (tertiary/aromatic N) is 2. The average Bonchev–Trinajstić information content (AvgIpc) is 1.54. The maximum Gasteiger partial charge on any atom is 0.135 e. The average molecular weight is 1660 g/mol. The number of anilines is 6. The zero-order chi connectivity index (χ0) is 86.2. The summed E-state index contributed by atoms with van der Waals surface area (Å²) in [5.41, 5.74) is 41.2. The van der Waals surface area contributed by atoms with Crippen LogP contribution in [0.15, 0.2) is 494 Å². The number of benzene rings is 20. The van der Waals surface area contributed by atoms with E-state index in [0.717, 1.165) is 100 Å². The summed E-state index contributed by atoms with van der Waals surface area (Å²) < 4.78 is 12.4. The number of hydrogen-bond donors (Lipinski definition) is 0. The van der Waals surface area contributed by atoms with Crippen LogP contribution in [0.1, 0.15) is 91.7 Å². The van der Waals surface area contributed by atoms with Crippen molar-refractivity contribution in [2.45, 2.75) is 35.5 Å². The highest BCUT2D eigenvalue weighted by Gasteiger charge is 2.50. The summed E-state index contributed by atoms with van der Waals surface area (Å²) in [6.07, 6.45) is 0. The summed E-state index contributed by atoms with van der Waals surface area (Å²) in [7, 11) is 0. The molecule has 612 valence electrons. The van der Waals surface area contributed by atoms with Crippen molar-refractivity contribution in [3.8, 4) is 66.8 Å². The Morgan fingerprint density at radius 2 is 0.392 bits per heavy atom. The molecule has 0 unspecified atom stereocenters. The highest BCUT2D eigenvalue weighted by Crippen LogP contribution is 2.62. The summed E-state index contributed by atoms with van der Waals surface area (Å²) in [5, 5.41) is 4.52. The normalized spacial score (nSPS) is 13.9. The van der Waals surface area contributed by atoms with Crippen LogP contribution in [0, 0.1) is 0 Å². The van der Waals surface area contributed by atoms with Crippen LogP contribution in [0.3, 0.4) is 0 Å². The van der Waals surface area contributed by atoms with E-state index < -0.39 is 16.2 Å². The number of hydrogen-bond acceptors (Lipinski definition) is 4. The van der Waals surface area contributed by atoms with Crippen LogP contribution < -0.4 is 9.80 Å². The lowest BCUT2D eigenvalue weighted by atomic mass is 9.67.